The number of nitrogens with two attached hydrogens (primary N) is 1. The number of hydrogen-bond acceptors (Lipinski definition) is 2. The maximum Gasteiger partial charge on any atom is 0.252 e. The van der Waals surface area contributed by atoms with Crippen molar-refractivity contribution in [2.24, 2.45) is 0 Å². The summed E-state index contributed by atoms with van der Waals surface area (Å²) in [5.41, 5.74) is 6.41. The third-order valence-electron chi connectivity index (χ3n) is 1.25. The zero-order valence-electron chi connectivity index (χ0n) is 5.14. The van der Waals surface area contributed by atoms with E-state index >= 15 is 0 Å². The van der Waals surface area contributed by atoms with Crippen LogP contribution in [0.1, 0.15) is 5.56 Å². The van der Waals surface area contributed by atoms with Gasteiger partial charge < -0.3 is 10.7 Å². The standard InChI is InChI=1S/C6H8N2O/c1-4-5(7)2-3-8-6(4)9/h2-3H,1H3,(H3,7,8,9). The van der Waals surface area contributed by atoms with E-state index in [1.807, 2.05) is 0 Å². The maximum atomic E-state index is 10.7. The zero-order chi connectivity index (χ0) is 6.85. The predicted molar refractivity (Wildman–Crippen MR) is 36.2 cm³/mol. The van der Waals surface area contributed by atoms with Crippen molar-refractivity contribution in [2.45, 2.75) is 6.92 Å². The van der Waals surface area contributed by atoms with E-state index in [2.05, 4.69) is 4.98 Å². The predicted octanol–water partition coefficient (Wildman–Crippen LogP) is 0.266. The highest BCUT2D eigenvalue weighted by Gasteiger charge is 1.93. The number of pyridine rings is 1. The number of rotatable bonds is 0. The van der Waals surface area contributed by atoms with Gasteiger partial charge in [0.25, 0.3) is 5.56 Å². The molecule has 0 aliphatic rings. The van der Waals surface area contributed by atoms with Gasteiger partial charge in [0.1, 0.15) is 0 Å². The summed E-state index contributed by atoms with van der Waals surface area (Å²) >= 11 is 0. The molecule has 0 spiro atoms. The Hall–Kier alpha value is -1.25. The second-order valence-electron chi connectivity index (χ2n) is 1.89. The molecule has 0 saturated heterocycles. The largest absolute Gasteiger partial charge is 0.398 e. The molecule has 0 atom stereocenters. The molecule has 9 heavy (non-hydrogen) atoms. The zero-order valence-corrected chi connectivity index (χ0v) is 5.14. The smallest absolute Gasteiger partial charge is 0.252 e. The van der Waals surface area contributed by atoms with Gasteiger partial charge in [-0.25, -0.2) is 0 Å². The number of aromatic nitrogens is 1. The van der Waals surface area contributed by atoms with E-state index in [9.17, 15) is 4.79 Å². The third kappa shape index (κ3) is 0.937. The molecular formula is C6H8N2O. The fourth-order valence-corrected chi connectivity index (χ4v) is 0.571. The van der Waals surface area contributed by atoms with Crippen LogP contribution in [0.4, 0.5) is 5.69 Å². The van der Waals surface area contributed by atoms with Crippen LogP contribution in [0.2, 0.25) is 0 Å². The quantitative estimate of drug-likeness (QED) is 0.521. The molecule has 3 heteroatoms. The Morgan fingerprint density at radius 1 is 1.67 bits per heavy atom. The van der Waals surface area contributed by atoms with Crippen LogP contribution in [-0.2, 0) is 0 Å². The monoisotopic (exact) mass is 124 g/mol. The van der Waals surface area contributed by atoms with Gasteiger partial charge >= 0.3 is 0 Å². The van der Waals surface area contributed by atoms with Crippen molar-refractivity contribution in [1.82, 2.24) is 4.98 Å². The highest BCUT2D eigenvalue weighted by atomic mass is 16.1. The van der Waals surface area contributed by atoms with E-state index in [1.165, 1.54) is 6.20 Å². The molecule has 0 radical (unpaired) electrons. The Bertz CT molecular complexity index is 264. The van der Waals surface area contributed by atoms with Gasteiger partial charge in [-0.05, 0) is 13.0 Å². The Labute approximate surface area is 52.5 Å². The molecule has 48 valence electrons. The van der Waals surface area contributed by atoms with Crippen molar-refractivity contribution in [1.29, 1.82) is 0 Å². The number of H-pyrrole nitrogens is 1. The summed E-state index contributed by atoms with van der Waals surface area (Å²) in [6.07, 6.45) is 1.53. The minimum Gasteiger partial charge on any atom is -0.398 e. The van der Waals surface area contributed by atoms with Crippen LogP contribution in [0.5, 0.6) is 0 Å². The van der Waals surface area contributed by atoms with Gasteiger partial charge in [-0.1, -0.05) is 0 Å². The molecule has 0 bridgehead atoms. The van der Waals surface area contributed by atoms with Crippen molar-refractivity contribution < 1.29 is 0 Å². The molecule has 3 nitrogen and oxygen atoms in total. The summed E-state index contributed by atoms with van der Waals surface area (Å²) in [5, 5.41) is 0. The summed E-state index contributed by atoms with van der Waals surface area (Å²) in [4.78, 5) is 13.2. The van der Waals surface area contributed by atoms with Crippen LogP contribution < -0.4 is 11.3 Å². The Morgan fingerprint density at radius 3 is 2.78 bits per heavy atom. The van der Waals surface area contributed by atoms with E-state index in [4.69, 9.17) is 5.73 Å². The van der Waals surface area contributed by atoms with Crippen LogP contribution in [0.15, 0.2) is 17.1 Å². The summed E-state index contributed by atoms with van der Waals surface area (Å²) in [5.74, 6) is 0. The Kier molecular flexibility index (Phi) is 1.26. The molecule has 0 aromatic carbocycles. The first-order valence-electron chi connectivity index (χ1n) is 2.65. The molecule has 0 aliphatic heterocycles. The van der Waals surface area contributed by atoms with Crippen LogP contribution >= 0.6 is 0 Å². The first-order chi connectivity index (χ1) is 4.22. The highest BCUT2D eigenvalue weighted by molar-refractivity contribution is 5.42. The Morgan fingerprint density at radius 2 is 2.33 bits per heavy atom. The molecule has 1 heterocycles. The first-order valence-corrected chi connectivity index (χ1v) is 2.65. The van der Waals surface area contributed by atoms with E-state index in [1.54, 1.807) is 13.0 Å². The molecule has 1 aromatic rings. The minimum absolute atomic E-state index is 0.116. The second-order valence-corrected chi connectivity index (χ2v) is 1.89. The lowest BCUT2D eigenvalue weighted by Gasteiger charge is -1.93. The van der Waals surface area contributed by atoms with Crippen LogP contribution in [-0.4, -0.2) is 4.98 Å². The van der Waals surface area contributed by atoms with Gasteiger partial charge in [-0.2, -0.15) is 0 Å². The van der Waals surface area contributed by atoms with Crippen LogP contribution in [0.3, 0.4) is 0 Å². The molecular weight excluding hydrogens is 116 g/mol. The molecule has 3 N–H and O–H groups in total. The summed E-state index contributed by atoms with van der Waals surface area (Å²) in [7, 11) is 0. The van der Waals surface area contributed by atoms with Crippen molar-refractivity contribution in [3.63, 3.8) is 0 Å². The number of nitrogen functional groups attached to an aromatic ring is 1. The van der Waals surface area contributed by atoms with E-state index in [-0.39, 0.29) is 5.56 Å². The number of nitrogens with one attached hydrogen (secondary N) is 1. The van der Waals surface area contributed by atoms with E-state index in [0.29, 0.717) is 11.3 Å². The Balaban J connectivity index is 3.43. The van der Waals surface area contributed by atoms with Gasteiger partial charge in [0.05, 0.1) is 0 Å². The molecule has 0 saturated carbocycles. The highest BCUT2D eigenvalue weighted by Crippen LogP contribution is 1.99. The van der Waals surface area contributed by atoms with Gasteiger partial charge in [-0.3, -0.25) is 4.79 Å². The normalized spacial score (nSPS) is 9.44. The van der Waals surface area contributed by atoms with Gasteiger partial charge in [0, 0.05) is 17.4 Å². The minimum atomic E-state index is -0.116. The van der Waals surface area contributed by atoms with Gasteiger partial charge in [0.2, 0.25) is 0 Å². The number of hydrogen-bond donors (Lipinski definition) is 2. The molecule has 0 unspecified atom stereocenters. The molecule has 0 aliphatic carbocycles. The summed E-state index contributed by atoms with van der Waals surface area (Å²) in [6, 6.07) is 1.66. The SMILES string of the molecule is Cc1c(N)cc[nH]c1=O. The average Bonchev–Trinajstić information content (AvgIpc) is 1.83. The average molecular weight is 124 g/mol. The van der Waals surface area contributed by atoms with Crippen LogP contribution in [0, 0.1) is 6.92 Å². The maximum absolute atomic E-state index is 10.7. The summed E-state index contributed by atoms with van der Waals surface area (Å²) in [6.45, 7) is 1.69. The lowest BCUT2D eigenvalue weighted by Crippen LogP contribution is -2.10. The van der Waals surface area contributed by atoms with Crippen molar-refractivity contribution in [3.05, 3.63) is 28.2 Å². The van der Waals surface area contributed by atoms with Crippen molar-refractivity contribution >= 4 is 5.69 Å². The van der Waals surface area contributed by atoms with Crippen LogP contribution in [0.25, 0.3) is 0 Å². The number of anilines is 1. The van der Waals surface area contributed by atoms with Crippen molar-refractivity contribution in [2.75, 3.05) is 5.73 Å². The van der Waals surface area contributed by atoms with Crippen molar-refractivity contribution in [3.8, 4) is 0 Å². The molecule has 0 fully saturated rings. The molecule has 1 rings (SSSR count). The lowest BCUT2D eigenvalue weighted by atomic mass is 10.3. The summed E-state index contributed by atoms with van der Waals surface area (Å²) < 4.78 is 0. The van der Waals surface area contributed by atoms with E-state index < -0.39 is 0 Å². The number of aromatic amines is 1. The third-order valence-corrected chi connectivity index (χ3v) is 1.25. The topological polar surface area (TPSA) is 58.9 Å². The molecule has 0 amide bonds. The molecule has 1 aromatic heterocycles. The first kappa shape index (κ1) is 5.88. The lowest BCUT2D eigenvalue weighted by molar-refractivity contribution is 1.19. The van der Waals surface area contributed by atoms with Gasteiger partial charge in [0.15, 0.2) is 0 Å². The fraction of sp³-hybridized carbons (Fsp3) is 0.167. The second kappa shape index (κ2) is 1.93. The van der Waals surface area contributed by atoms with Gasteiger partial charge in [-0.15, -0.1) is 0 Å². The fourth-order valence-electron chi connectivity index (χ4n) is 0.571. The van der Waals surface area contributed by atoms with E-state index in [0.717, 1.165) is 0 Å².